The first-order valence-corrected chi connectivity index (χ1v) is 5.27. The molecule has 0 atom stereocenters. The van der Waals surface area contributed by atoms with Gasteiger partial charge in [0.2, 0.25) is 5.95 Å². The highest BCUT2D eigenvalue weighted by Gasteiger charge is 2.03. The Morgan fingerprint density at radius 3 is 2.88 bits per heavy atom. The van der Waals surface area contributed by atoms with Gasteiger partial charge in [0.1, 0.15) is 12.2 Å². The molecule has 0 saturated heterocycles. The largest absolute Gasteiger partial charge is 0.228 e. The van der Waals surface area contributed by atoms with E-state index < -0.39 is 5.95 Å². The molecule has 0 saturated carbocycles. The van der Waals surface area contributed by atoms with E-state index >= 15 is 0 Å². The Balaban J connectivity index is 2.15. The molecule has 0 N–H and O–H groups in total. The van der Waals surface area contributed by atoms with Gasteiger partial charge in [-0.05, 0) is 12.1 Å². The van der Waals surface area contributed by atoms with Crippen molar-refractivity contribution in [2.75, 3.05) is 0 Å². The lowest BCUT2D eigenvalue weighted by Gasteiger charge is -1.94. The summed E-state index contributed by atoms with van der Waals surface area (Å²) in [4.78, 5) is 5.07. The highest BCUT2D eigenvalue weighted by atomic mass is 19.1. The van der Waals surface area contributed by atoms with Crippen LogP contribution in [0.3, 0.4) is 0 Å². The molecule has 2 aromatic rings. The Morgan fingerprint density at radius 2 is 2.18 bits per heavy atom. The molecule has 0 radical (unpaired) electrons. The summed E-state index contributed by atoms with van der Waals surface area (Å²) in [5.74, 6) is 5.37. The second-order valence-corrected chi connectivity index (χ2v) is 3.34. The molecule has 86 valence electrons. The Morgan fingerprint density at radius 1 is 1.29 bits per heavy atom. The van der Waals surface area contributed by atoms with Crippen molar-refractivity contribution in [3.63, 3.8) is 0 Å². The van der Waals surface area contributed by atoms with Crippen LogP contribution in [0.2, 0.25) is 0 Å². The summed E-state index contributed by atoms with van der Waals surface area (Å²) in [7, 11) is 0. The van der Waals surface area contributed by atoms with Crippen molar-refractivity contribution in [1.29, 1.82) is 0 Å². The van der Waals surface area contributed by atoms with Crippen LogP contribution < -0.4 is 0 Å². The molecule has 2 aromatic heterocycles. The molecule has 0 aliphatic heterocycles. The number of hydrogen-bond acceptors (Lipinski definition) is 3. The van der Waals surface area contributed by atoms with Gasteiger partial charge in [-0.25, -0.2) is 4.98 Å². The predicted molar refractivity (Wildman–Crippen MR) is 61.3 cm³/mol. The van der Waals surface area contributed by atoms with E-state index in [1.807, 2.05) is 6.92 Å². The average Bonchev–Trinajstić information content (AvgIpc) is 2.79. The lowest BCUT2D eigenvalue weighted by Crippen LogP contribution is -2.00. The minimum Gasteiger partial charge on any atom is -0.228 e. The standard InChI is InChI=1S/C12H11FN4/c1-2-3-4-7-17-15-9-11(16-17)10-5-6-12(13)14-8-10/h5-6,8-9H,2,7H2,1H3. The van der Waals surface area contributed by atoms with E-state index in [1.54, 1.807) is 12.3 Å². The zero-order valence-corrected chi connectivity index (χ0v) is 9.39. The van der Waals surface area contributed by atoms with Crippen LogP contribution in [0.25, 0.3) is 11.3 Å². The summed E-state index contributed by atoms with van der Waals surface area (Å²) in [6.45, 7) is 2.45. The summed E-state index contributed by atoms with van der Waals surface area (Å²) in [5, 5.41) is 8.29. The summed E-state index contributed by atoms with van der Waals surface area (Å²) >= 11 is 0. The number of hydrogen-bond donors (Lipinski definition) is 0. The Bertz CT molecular complexity index is 548. The van der Waals surface area contributed by atoms with E-state index in [0.29, 0.717) is 12.2 Å². The molecule has 0 unspecified atom stereocenters. The molecule has 0 fully saturated rings. The third kappa shape index (κ3) is 2.88. The molecule has 2 rings (SSSR count). The van der Waals surface area contributed by atoms with Crippen LogP contribution in [0.4, 0.5) is 4.39 Å². The van der Waals surface area contributed by atoms with Crippen molar-refractivity contribution in [2.45, 2.75) is 19.9 Å². The maximum atomic E-state index is 12.6. The van der Waals surface area contributed by atoms with Crippen LogP contribution in [-0.4, -0.2) is 20.0 Å². The molecule has 0 aromatic carbocycles. The number of aromatic nitrogens is 4. The highest BCUT2D eigenvalue weighted by Crippen LogP contribution is 2.13. The maximum absolute atomic E-state index is 12.6. The van der Waals surface area contributed by atoms with Crippen molar-refractivity contribution in [3.8, 4) is 23.1 Å². The van der Waals surface area contributed by atoms with Gasteiger partial charge in [-0.15, -0.1) is 5.92 Å². The molecule has 2 heterocycles. The van der Waals surface area contributed by atoms with Crippen LogP contribution in [0.5, 0.6) is 0 Å². The summed E-state index contributed by atoms with van der Waals surface area (Å²) < 4.78 is 12.6. The van der Waals surface area contributed by atoms with Gasteiger partial charge < -0.3 is 0 Å². The van der Waals surface area contributed by atoms with E-state index in [1.165, 1.54) is 17.1 Å². The topological polar surface area (TPSA) is 43.6 Å². The minimum absolute atomic E-state index is 0.461. The third-order valence-electron chi connectivity index (χ3n) is 2.08. The van der Waals surface area contributed by atoms with Gasteiger partial charge in [0, 0.05) is 18.2 Å². The molecule has 4 nitrogen and oxygen atoms in total. The number of nitrogens with zero attached hydrogens (tertiary/aromatic N) is 4. The van der Waals surface area contributed by atoms with Crippen LogP contribution in [0, 0.1) is 17.8 Å². The molecular formula is C12H11FN4. The Hall–Kier alpha value is -2.22. The van der Waals surface area contributed by atoms with Crippen molar-refractivity contribution >= 4 is 0 Å². The van der Waals surface area contributed by atoms with Gasteiger partial charge in [-0.3, -0.25) is 0 Å². The summed E-state index contributed by atoms with van der Waals surface area (Å²) in [6.07, 6.45) is 3.86. The van der Waals surface area contributed by atoms with Gasteiger partial charge in [0.05, 0.1) is 6.20 Å². The normalized spacial score (nSPS) is 9.76. The quantitative estimate of drug-likeness (QED) is 0.584. The van der Waals surface area contributed by atoms with E-state index in [9.17, 15) is 4.39 Å². The fraction of sp³-hybridized carbons (Fsp3) is 0.250. The fourth-order valence-electron chi connectivity index (χ4n) is 1.28. The lowest BCUT2D eigenvalue weighted by atomic mass is 10.2. The van der Waals surface area contributed by atoms with Crippen molar-refractivity contribution in [3.05, 3.63) is 30.5 Å². The molecule has 0 amide bonds. The first-order chi connectivity index (χ1) is 8.29. The van der Waals surface area contributed by atoms with Gasteiger partial charge in [-0.1, -0.05) is 12.8 Å². The second kappa shape index (κ2) is 5.21. The van der Waals surface area contributed by atoms with Crippen molar-refractivity contribution < 1.29 is 4.39 Å². The predicted octanol–water partition coefficient (Wildman–Crippen LogP) is 1.89. The summed E-state index contributed by atoms with van der Waals surface area (Å²) in [6, 6.07) is 2.92. The van der Waals surface area contributed by atoms with Gasteiger partial charge in [-0.2, -0.15) is 19.4 Å². The van der Waals surface area contributed by atoms with E-state index in [-0.39, 0.29) is 0 Å². The average molecular weight is 230 g/mol. The van der Waals surface area contributed by atoms with Crippen LogP contribution in [-0.2, 0) is 6.54 Å². The van der Waals surface area contributed by atoms with Crippen molar-refractivity contribution in [2.24, 2.45) is 0 Å². The molecule has 0 aliphatic rings. The van der Waals surface area contributed by atoms with Crippen LogP contribution >= 0.6 is 0 Å². The maximum Gasteiger partial charge on any atom is 0.212 e. The summed E-state index contributed by atoms with van der Waals surface area (Å²) in [5.41, 5.74) is 1.40. The van der Waals surface area contributed by atoms with Gasteiger partial charge >= 0.3 is 0 Å². The first-order valence-electron chi connectivity index (χ1n) is 5.27. The van der Waals surface area contributed by atoms with Gasteiger partial charge in [0.15, 0.2) is 0 Å². The van der Waals surface area contributed by atoms with Crippen LogP contribution in [0.1, 0.15) is 13.3 Å². The fourth-order valence-corrected chi connectivity index (χ4v) is 1.28. The SMILES string of the molecule is CCC#CCn1ncc(-c2ccc(F)nc2)n1. The zero-order valence-electron chi connectivity index (χ0n) is 9.39. The highest BCUT2D eigenvalue weighted by molar-refractivity contribution is 5.55. The van der Waals surface area contributed by atoms with E-state index in [4.69, 9.17) is 0 Å². The smallest absolute Gasteiger partial charge is 0.212 e. The number of rotatable bonds is 2. The van der Waals surface area contributed by atoms with Crippen molar-refractivity contribution in [1.82, 2.24) is 20.0 Å². The lowest BCUT2D eigenvalue weighted by molar-refractivity contribution is 0.584. The number of halogens is 1. The molecule has 5 heteroatoms. The van der Waals surface area contributed by atoms with E-state index in [0.717, 1.165) is 12.0 Å². The molecule has 0 spiro atoms. The molecule has 17 heavy (non-hydrogen) atoms. The molecule has 0 aliphatic carbocycles. The Kier molecular flexibility index (Phi) is 3.46. The monoisotopic (exact) mass is 230 g/mol. The number of pyridine rings is 1. The van der Waals surface area contributed by atoms with Crippen LogP contribution in [0.15, 0.2) is 24.5 Å². The van der Waals surface area contributed by atoms with E-state index in [2.05, 4.69) is 27.0 Å². The second-order valence-electron chi connectivity index (χ2n) is 3.34. The zero-order chi connectivity index (χ0) is 12.1. The molecule has 0 bridgehead atoms. The first kappa shape index (κ1) is 11.3. The third-order valence-corrected chi connectivity index (χ3v) is 2.08. The van der Waals surface area contributed by atoms with Gasteiger partial charge in [0.25, 0.3) is 0 Å². The Labute approximate surface area is 98.5 Å². The molecular weight excluding hydrogens is 219 g/mol. The minimum atomic E-state index is -0.505.